The second-order valence-corrected chi connectivity index (χ2v) is 9.50. The van der Waals surface area contributed by atoms with E-state index in [1.807, 2.05) is 48.5 Å². The van der Waals surface area contributed by atoms with Gasteiger partial charge in [-0.1, -0.05) is 30.3 Å². The summed E-state index contributed by atoms with van der Waals surface area (Å²) in [5.74, 6) is 1.67. The molecule has 0 radical (unpaired) electrons. The zero-order valence-electron chi connectivity index (χ0n) is 18.7. The van der Waals surface area contributed by atoms with Crippen molar-refractivity contribution in [3.05, 3.63) is 54.3 Å². The number of ether oxygens (including phenoxy) is 1. The van der Waals surface area contributed by atoms with Crippen molar-refractivity contribution in [2.24, 2.45) is 11.8 Å². The SMILES string of the molecule is O=C(C[C@H]1CN2CCC1CC2)c1cc2cccc(-c3ccc(N4CCOCC4=O)cc3)c2o1. The molecule has 4 fully saturated rings. The Balaban J connectivity index is 1.24. The number of amides is 1. The molecule has 6 heteroatoms. The number of para-hydroxylation sites is 1. The van der Waals surface area contributed by atoms with Gasteiger partial charge in [-0.2, -0.15) is 0 Å². The fraction of sp³-hybridized carbons (Fsp3) is 0.407. The number of nitrogens with zero attached hydrogens (tertiary/aromatic N) is 2. The molecular weight excluding hydrogens is 416 g/mol. The Labute approximate surface area is 193 Å². The number of Topliss-reactive ketones (excluding diaryl/α,β-unsaturated/α-hetero) is 1. The third kappa shape index (κ3) is 3.87. The van der Waals surface area contributed by atoms with E-state index in [-0.39, 0.29) is 18.3 Å². The molecule has 5 heterocycles. The third-order valence-corrected chi connectivity index (χ3v) is 7.53. The fourth-order valence-corrected chi connectivity index (χ4v) is 5.70. The van der Waals surface area contributed by atoms with E-state index in [1.165, 1.54) is 25.9 Å². The lowest BCUT2D eigenvalue weighted by molar-refractivity contribution is -0.125. The Bertz CT molecular complexity index is 1190. The highest BCUT2D eigenvalue weighted by Gasteiger charge is 2.35. The summed E-state index contributed by atoms with van der Waals surface area (Å²) < 4.78 is 11.4. The number of anilines is 1. The molecule has 2 aromatic carbocycles. The average Bonchev–Trinajstić information content (AvgIpc) is 3.30. The van der Waals surface area contributed by atoms with Crippen molar-refractivity contribution in [3.8, 4) is 11.1 Å². The Hall–Kier alpha value is -2.96. The van der Waals surface area contributed by atoms with Gasteiger partial charge in [0.1, 0.15) is 12.2 Å². The first-order valence-electron chi connectivity index (χ1n) is 11.9. The maximum absolute atomic E-state index is 13.1. The molecule has 0 spiro atoms. The quantitative estimate of drug-likeness (QED) is 0.547. The molecule has 170 valence electrons. The predicted octanol–water partition coefficient (Wildman–Crippen LogP) is 4.38. The molecule has 0 N–H and O–H groups in total. The van der Waals surface area contributed by atoms with Gasteiger partial charge < -0.3 is 19.0 Å². The summed E-state index contributed by atoms with van der Waals surface area (Å²) in [6, 6.07) is 15.8. The van der Waals surface area contributed by atoms with Crippen LogP contribution in [0.25, 0.3) is 22.1 Å². The minimum absolute atomic E-state index is 0.0201. The van der Waals surface area contributed by atoms with E-state index in [0.717, 1.165) is 34.3 Å². The van der Waals surface area contributed by atoms with Crippen molar-refractivity contribution in [3.63, 3.8) is 0 Å². The van der Waals surface area contributed by atoms with Crippen LogP contribution >= 0.6 is 0 Å². The minimum atomic E-state index is -0.0201. The van der Waals surface area contributed by atoms with E-state index in [0.29, 0.717) is 37.2 Å². The van der Waals surface area contributed by atoms with Crippen LogP contribution in [0.5, 0.6) is 0 Å². The first-order valence-corrected chi connectivity index (χ1v) is 11.9. The number of hydrogen-bond donors (Lipinski definition) is 0. The van der Waals surface area contributed by atoms with Crippen LogP contribution in [0.15, 0.2) is 52.9 Å². The number of furan rings is 1. The van der Waals surface area contributed by atoms with Crippen molar-refractivity contribution in [1.82, 2.24) is 4.90 Å². The van der Waals surface area contributed by atoms with Gasteiger partial charge in [-0.15, -0.1) is 0 Å². The standard InChI is InChI=1S/C27H28N2O4/c30-24(14-21-16-28-10-8-18(21)9-11-28)25-15-20-2-1-3-23(27(20)33-25)19-4-6-22(7-5-19)29-12-13-32-17-26(29)31/h1-7,15,18,21H,8-14,16-17H2/t21-/m0/s1. The monoisotopic (exact) mass is 444 g/mol. The Morgan fingerprint density at radius 3 is 2.58 bits per heavy atom. The fourth-order valence-electron chi connectivity index (χ4n) is 5.70. The number of fused-ring (bicyclic) bond motifs is 4. The Morgan fingerprint density at radius 1 is 1.03 bits per heavy atom. The van der Waals surface area contributed by atoms with Gasteiger partial charge >= 0.3 is 0 Å². The van der Waals surface area contributed by atoms with Gasteiger partial charge in [0.15, 0.2) is 11.5 Å². The average molecular weight is 445 g/mol. The van der Waals surface area contributed by atoms with Gasteiger partial charge in [-0.25, -0.2) is 0 Å². The van der Waals surface area contributed by atoms with Crippen molar-refractivity contribution < 1.29 is 18.7 Å². The van der Waals surface area contributed by atoms with Crippen LogP contribution in [-0.4, -0.2) is 56.0 Å². The summed E-state index contributed by atoms with van der Waals surface area (Å²) in [6.07, 6.45) is 3.00. The van der Waals surface area contributed by atoms with Crippen LogP contribution < -0.4 is 4.90 Å². The summed E-state index contributed by atoms with van der Waals surface area (Å²) in [5, 5.41) is 0.942. The molecular formula is C27H28N2O4. The number of rotatable bonds is 5. The molecule has 3 aromatic rings. The Morgan fingerprint density at radius 2 is 1.85 bits per heavy atom. The topological polar surface area (TPSA) is 63.0 Å². The highest BCUT2D eigenvalue weighted by atomic mass is 16.5. The number of piperidine rings is 3. The zero-order valence-corrected chi connectivity index (χ0v) is 18.7. The number of ketones is 1. The Kier molecular flexibility index (Phi) is 5.27. The minimum Gasteiger partial charge on any atom is -0.452 e. The molecule has 33 heavy (non-hydrogen) atoms. The summed E-state index contributed by atoms with van der Waals surface area (Å²) in [6.45, 7) is 4.65. The van der Waals surface area contributed by atoms with Crippen LogP contribution in [0.3, 0.4) is 0 Å². The maximum Gasteiger partial charge on any atom is 0.253 e. The molecule has 6 nitrogen and oxygen atoms in total. The van der Waals surface area contributed by atoms with Crippen LogP contribution in [0.4, 0.5) is 5.69 Å². The summed E-state index contributed by atoms with van der Waals surface area (Å²) in [5.41, 5.74) is 3.56. The first kappa shape index (κ1) is 20.6. The molecule has 0 unspecified atom stereocenters. The van der Waals surface area contributed by atoms with E-state index in [2.05, 4.69) is 4.90 Å². The molecule has 2 bridgehead atoms. The number of carbonyl (C=O) groups is 2. The predicted molar refractivity (Wildman–Crippen MR) is 126 cm³/mol. The summed E-state index contributed by atoms with van der Waals surface area (Å²) in [7, 11) is 0. The van der Waals surface area contributed by atoms with E-state index < -0.39 is 0 Å². The lowest BCUT2D eigenvalue weighted by Gasteiger charge is -2.44. The molecule has 7 rings (SSSR count). The zero-order chi connectivity index (χ0) is 22.4. The summed E-state index contributed by atoms with van der Waals surface area (Å²) in [4.78, 5) is 29.5. The van der Waals surface area contributed by atoms with Gasteiger partial charge in [0, 0.05) is 36.1 Å². The molecule has 1 atom stereocenters. The first-order chi connectivity index (χ1) is 16.2. The van der Waals surface area contributed by atoms with E-state index in [1.54, 1.807) is 4.90 Å². The van der Waals surface area contributed by atoms with Gasteiger partial charge in [0.05, 0.1) is 6.61 Å². The largest absolute Gasteiger partial charge is 0.452 e. The van der Waals surface area contributed by atoms with Crippen LogP contribution in [0.1, 0.15) is 29.8 Å². The maximum atomic E-state index is 13.1. The van der Waals surface area contributed by atoms with Gasteiger partial charge in [0.2, 0.25) is 0 Å². The van der Waals surface area contributed by atoms with Gasteiger partial charge in [-0.3, -0.25) is 9.59 Å². The number of morpholine rings is 1. The number of benzene rings is 2. The van der Waals surface area contributed by atoms with Crippen molar-refractivity contribution in [2.75, 3.05) is 44.3 Å². The van der Waals surface area contributed by atoms with Crippen LogP contribution in [0.2, 0.25) is 0 Å². The van der Waals surface area contributed by atoms with Crippen molar-refractivity contribution >= 4 is 28.3 Å². The van der Waals surface area contributed by atoms with Gasteiger partial charge in [0.25, 0.3) is 5.91 Å². The normalized spacial score (nSPS) is 25.0. The number of hydrogen-bond acceptors (Lipinski definition) is 5. The smallest absolute Gasteiger partial charge is 0.253 e. The summed E-state index contributed by atoms with van der Waals surface area (Å²) >= 11 is 0. The van der Waals surface area contributed by atoms with Crippen molar-refractivity contribution in [2.45, 2.75) is 19.3 Å². The van der Waals surface area contributed by atoms with Crippen LogP contribution in [-0.2, 0) is 9.53 Å². The molecule has 4 saturated heterocycles. The highest BCUT2D eigenvalue weighted by molar-refractivity contribution is 6.01. The second kappa shape index (κ2) is 8.43. The molecule has 0 saturated carbocycles. The van der Waals surface area contributed by atoms with Gasteiger partial charge in [-0.05, 0) is 61.5 Å². The van der Waals surface area contributed by atoms with Crippen LogP contribution in [0, 0.1) is 11.8 Å². The third-order valence-electron chi connectivity index (χ3n) is 7.53. The lowest BCUT2D eigenvalue weighted by atomic mass is 9.76. The molecule has 1 aromatic heterocycles. The molecule has 4 aliphatic rings. The second-order valence-electron chi connectivity index (χ2n) is 9.50. The van der Waals surface area contributed by atoms with E-state index in [4.69, 9.17) is 9.15 Å². The lowest BCUT2D eigenvalue weighted by Crippen LogP contribution is -2.47. The highest BCUT2D eigenvalue weighted by Crippen LogP contribution is 2.36. The molecule has 4 aliphatic heterocycles. The molecule has 0 aliphatic carbocycles. The molecule has 1 amide bonds. The van der Waals surface area contributed by atoms with Crippen molar-refractivity contribution in [1.29, 1.82) is 0 Å². The van der Waals surface area contributed by atoms with E-state index >= 15 is 0 Å². The number of carbonyl (C=O) groups excluding carboxylic acids is 2. The van der Waals surface area contributed by atoms with E-state index in [9.17, 15) is 9.59 Å².